The van der Waals surface area contributed by atoms with Gasteiger partial charge in [-0.3, -0.25) is 4.79 Å². The molecule has 3 N–H and O–H groups in total. The van der Waals surface area contributed by atoms with Gasteiger partial charge in [-0.05, 0) is 62.9 Å². The number of para-hydroxylation sites is 1. The van der Waals surface area contributed by atoms with Gasteiger partial charge in [0.05, 0.1) is 25.3 Å². The Morgan fingerprint density at radius 1 is 1.07 bits per heavy atom. The number of carbonyl (C=O) groups is 2. The Hall–Kier alpha value is -4.35. The number of carbonyl (C=O) groups excluding carboxylic acids is 2. The number of hydrogen-bond acceptors (Lipinski definition) is 8. The second kappa shape index (κ2) is 12.9. The number of nitrogens with one attached hydrogen (secondary N) is 1. The fraction of sp³-hybridized carbons (Fsp3) is 0.452. The Kier molecular flexibility index (Phi) is 9.46. The number of primary amides is 1. The van der Waals surface area contributed by atoms with Gasteiger partial charge in [0.2, 0.25) is 5.89 Å². The van der Waals surface area contributed by atoms with Crippen molar-refractivity contribution in [3.8, 4) is 28.7 Å². The minimum atomic E-state index is -3.04. The minimum absolute atomic E-state index is 0.0809. The van der Waals surface area contributed by atoms with Gasteiger partial charge >= 0.3 is 12.7 Å². The second-order valence-corrected chi connectivity index (χ2v) is 11.4. The van der Waals surface area contributed by atoms with Crippen molar-refractivity contribution in [1.29, 1.82) is 0 Å². The smallest absolute Gasteiger partial charge is 0.405 e. The summed E-state index contributed by atoms with van der Waals surface area (Å²) in [5.41, 5.74) is 4.29. The summed E-state index contributed by atoms with van der Waals surface area (Å²) in [6, 6.07) is 11.2. The average Bonchev–Trinajstić information content (AvgIpc) is 3.66. The standard InChI is InChI=1S/C31H37F2N3O7/c1-6-39-22-10-8-7-9-20(22)26(37)35-16-21-25(31(5,30(2,3)4)43-29(34)38)42-27(36-21)19-13-14-23(41-28(32)33)24(15-19)40-17-18-11-12-18/h7-10,13-15,18,28H,6,11-12,16-17H2,1-5H3,(H2,34,38)(H,35,37). The first-order valence-electron chi connectivity index (χ1n) is 14.0. The van der Waals surface area contributed by atoms with Crippen molar-refractivity contribution in [3.05, 3.63) is 59.5 Å². The fourth-order valence-electron chi connectivity index (χ4n) is 4.34. The van der Waals surface area contributed by atoms with Crippen LogP contribution in [0.25, 0.3) is 11.5 Å². The molecule has 0 bridgehead atoms. The first-order valence-corrected chi connectivity index (χ1v) is 14.0. The van der Waals surface area contributed by atoms with Crippen LogP contribution in [0.15, 0.2) is 46.9 Å². The van der Waals surface area contributed by atoms with Crippen molar-refractivity contribution in [2.75, 3.05) is 13.2 Å². The van der Waals surface area contributed by atoms with Crippen LogP contribution < -0.4 is 25.3 Å². The summed E-state index contributed by atoms with van der Waals surface area (Å²) in [5.74, 6) is 0.583. The van der Waals surface area contributed by atoms with Crippen LogP contribution in [-0.4, -0.2) is 36.8 Å². The highest BCUT2D eigenvalue weighted by Gasteiger charge is 2.48. The first-order chi connectivity index (χ1) is 20.3. The lowest BCUT2D eigenvalue weighted by molar-refractivity contribution is -0.0710. The Labute approximate surface area is 248 Å². The molecule has 1 atom stereocenters. The molecule has 0 aliphatic heterocycles. The average molecular weight is 602 g/mol. The van der Waals surface area contributed by atoms with Crippen molar-refractivity contribution in [1.82, 2.24) is 10.3 Å². The summed E-state index contributed by atoms with van der Waals surface area (Å²) in [7, 11) is 0. The van der Waals surface area contributed by atoms with E-state index in [1.54, 1.807) is 31.2 Å². The maximum Gasteiger partial charge on any atom is 0.405 e. The Balaban J connectivity index is 1.74. The van der Waals surface area contributed by atoms with E-state index in [1.807, 2.05) is 27.7 Å². The van der Waals surface area contributed by atoms with E-state index in [1.165, 1.54) is 18.2 Å². The molecule has 0 radical (unpaired) electrons. The Morgan fingerprint density at radius 3 is 2.42 bits per heavy atom. The Morgan fingerprint density at radius 2 is 1.79 bits per heavy atom. The highest BCUT2D eigenvalue weighted by Crippen LogP contribution is 2.46. The molecular formula is C31H37F2N3O7. The molecule has 1 saturated carbocycles. The number of hydrogen-bond donors (Lipinski definition) is 2. The molecule has 232 valence electrons. The molecule has 1 heterocycles. The van der Waals surface area contributed by atoms with E-state index in [9.17, 15) is 18.4 Å². The lowest BCUT2D eigenvalue weighted by Gasteiger charge is -2.39. The van der Waals surface area contributed by atoms with Gasteiger partial charge in [0.15, 0.2) is 22.9 Å². The number of nitrogens with two attached hydrogens (primary N) is 1. The van der Waals surface area contributed by atoms with Crippen LogP contribution in [0.4, 0.5) is 13.6 Å². The number of benzene rings is 2. The molecule has 1 aromatic heterocycles. The molecule has 0 saturated heterocycles. The summed E-state index contributed by atoms with van der Waals surface area (Å²) in [4.78, 5) is 29.9. The van der Waals surface area contributed by atoms with Crippen molar-refractivity contribution >= 4 is 12.0 Å². The minimum Gasteiger partial charge on any atom is -0.493 e. The highest BCUT2D eigenvalue weighted by molar-refractivity contribution is 5.96. The van der Waals surface area contributed by atoms with Gasteiger partial charge in [-0.25, -0.2) is 9.78 Å². The third kappa shape index (κ3) is 7.54. The van der Waals surface area contributed by atoms with Gasteiger partial charge in [0, 0.05) is 11.0 Å². The number of oxazole rings is 1. The maximum atomic E-state index is 13.2. The molecular weight excluding hydrogens is 564 g/mol. The quantitative estimate of drug-likeness (QED) is 0.229. The zero-order valence-corrected chi connectivity index (χ0v) is 24.9. The van der Waals surface area contributed by atoms with E-state index in [0.29, 0.717) is 36.0 Å². The van der Waals surface area contributed by atoms with Gasteiger partial charge in [0.1, 0.15) is 11.4 Å². The predicted octanol–water partition coefficient (Wildman–Crippen LogP) is 6.42. The lowest BCUT2D eigenvalue weighted by atomic mass is 9.75. The maximum absolute atomic E-state index is 13.2. The van der Waals surface area contributed by atoms with Crippen molar-refractivity contribution < 1.29 is 41.7 Å². The fourth-order valence-corrected chi connectivity index (χ4v) is 4.34. The zero-order valence-electron chi connectivity index (χ0n) is 24.9. The number of amides is 2. The molecule has 3 aromatic rings. The van der Waals surface area contributed by atoms with Gasteiger partial charge in [0.25, 0.3) is 5.91 Å². The van der Waals surface area contributed by atoms with Crippen LogP contribution in [0.3, 0.4) is 0 Å². The van der Waals surface area contributed by atoms with Crippen LogP contribution in [0.5, 0.6) is 17.2 Å². The topological polar surface area (TPSA) is 135 Å². The van der Waals surface area contributed by atoms with Crippen LogP contribution in [0.1, 0.15) is 69.3 Å². The molecule has 1 unspecified atom stereocenters. The van der Waals surface area contributed by atoms with Gasteiger partial charge < -0.3 is 34.4 Å². The summed E-state index contributed by atoms with van der Waals surface area (Å²) in [6.07, 6.45) is 0.979. The van der Waals surface area contributed by atoms with E-state index < -0.39 is 29.6 Å². The number of ether oxygens (including phenoxy) is 4. The van der Waals surface area contributed by atoms with Gasteiger partial charge in [-0.15, -0.1) is 0 Å². The largest absolute Gasteiger partial charge is 0.493 e. The summed E-state index contributed by atoms with van der Waals surface area (Å²) >= 11 is 0. The number of aromatic nitrogens is 1. The molecule has 0 spiro atoms. The van der Waals surface area contributed by atoms with E-state index in [4.69, 9.17) is 24.4 Å². The molecule has 12 heteroatoms. The molecule has 10 nitrogen and oxygen atoms in total. The predicted molar refractivity (Wildman–Crippen MR) is 153 cm³/mol. The van der Waals surface area contributed by atoms with E-state index in [0.717, 1.165) is 12.8 Å². The number of nitrogens with zero attached hydrogens (tertiary/aromatic N) is 1. The van der Waals surface area contributed by atoms with E-state index >= 15 is 0 Å². The number of alkyl halides is 2. The summed E-state index contributed by atoms with van der Waals surface area (Å²) in [6.45, 7) is 6.54. The van der Waals surface area contributed by atoms with E-state index in [-0.39, 0.29) is 35.4 Å². The van der Waals surface area contributed by atoms with Crippen molar-refractivity contribution in [3.63, 3.8) is 0 Å². The molecule has 2 amide bonds. The zero-order chi connectivity index (χ0) is 31.4. The van der Waals surface area contributed by atoms with Crippen molar-refractivity contribution in [2.24, 2.45) is 17.1 Å². The summed E-state index contributed by atoms with van der Waals surface area (Å²) in [5, 5.41) is 2.84. The molecule has 2 aromatic carbocycles. The third-order valence-electron chi connectivity index (χ3n) is 7.29. The van der Waals surface area contributed by atoms with Crippen LogP contribution in [0, 0.1) is 11.3 Å². The van der Waals surface area contributed by atoms with Crippen molar-refractivity contribution in [2.45, 2.75) is 66.2 Å². The monoisotopic (exact) mass is 601 g/mol. The number of rotatable bonds is 13. The summed E-state index contributed by atoms with van der Waals surface area (Å²) < 4.78 is 54.1. The van der Waals surface area contributed by atoms with Gasteiger partial charge in [-0.2, -0.15) is 8.78 Å². The van der Waals surface area contributed by atoms with E-state index in [2.05, 4.69) is 15.0 Å². The molecule has 43 heavy (non-hydrogen) atoms. The highest BCUT2D eigenvalue weighted by atomic mass is 19.3. The molecule has 4 rings (SSSR count). The Bertz CT molecular complexity index is 1450. The second-order valence-electron chi connectivity index (χ2n) is 11.4. The lowest BCUT2D eigenvalue weighted by Crippen LogP contribution is -2.43. The third-order valence-corrected chi connectivity index (χ3v) is 7.29. The van der Waals surface area contributed by atoms with Crippen LogP contribution >= 0.6 is 0 Å². The first kappa shape index (κ1) is 31.6. The SMILES string of the molecule is CCOc1ccccc1C(=O)NCc1nc(-c2ccc(OC(F)F)c(OCC3CC3)c2)oc1C(C)(OC(N)=O)C(C)(C)C. The van der Waals surface area contributed by atoms with Gasteiger partial charge in [-0.1, -0.05) is 32.9 Å². The number of halogens is 2. The van der Waals surface area contributed by atoms with Crippen LogP contribution in [0.2, 0.25) is 0 Å². The molecule has 1 aliphatic rings. The normalized spacial score (nSPS) is 14.6. The molecule has 1 fully saturated rings. The molecule has 1 aliphatic carbocycles. The van der Waals surface area contributed by atoms with Crippen LogP contribution in [-0.2, 0) is 16.9 Å².